The Morgan fingerprint density at radius 3 is 2.00 bits per heavy atom. The summed E-state index contributed by atoms with van der Waals surface area (Å²) in [5.74, 6) is 0.808. The van der Waals surface area contributed by atoms with Gasteiger partial charge in [-0.2, -0.15) is 12.3 Å². The molecule has 0 bridgehead atoms. The van der Waals surface area contributed by atoms with Gasteiger partial charge in [-0.3, -0.25) is 0 Å². The Bertz CT molecular complexity index is 72.1. The summed E-state index contributed by atoms with van der Waals surface area (Å²) in [6, 6.07) is 0. The van der Waals surface area contributed by atoms with Crippen molar-refractivity contribution in [2.45, 2.75) is 41.0 Å². The second-order valence-electron chi connectivity index (χ2n) is 3.42. The molecule has 0 aliphatic rings. The van der Waals surface area contributed by atoms with Crippen molar-refractivity contribution in [3.63, 3.8) is 0 Å². The molecule has 0 nitrogen and oxygen atoms in total. The van der Waals surface area contributed by atoms with Crippen molar-refractivity contribution in [3.8, 4) is 0 Å². The van der Waals surface area contributed by atoms with E-state index in [9.17, 15) is 0 Å². The normalized spacial score (nSPS) is 15.7. The Kier molecular flexibility index (Phi) is 3.24. The molecule has 0 N–H and O–H groups in total. The molecule has 0 aliphatic heterocycles. The molecule has 9 heavy (non-hydrogen) atoms. The molecule has 0 aromatic rings. The lowest BCUT2D eigenvalue weighted by Crippen LogP contribution is -2.20. The van der Waals surface area contributed by atoms with Crippen LogP contribution in [0.2, 0.25) is 0 Å². The monoisotopic (exact) mass is 127 g/mol. The summed E-state index contributed by atoms with van der Waals surface area (Å²) in [6.07, 6.45) is 3.57. The van der Waals surface area contributed by atoms with Gasteiger partial charge >= 0.3 is 0 Å². The van der Waals surface area contributed by atoms with Gasteiger partial charge in [0.05, 0.1) is 0 Å². The Balaban J connectivity index is 3.80. The molecular weight excluding hydrogens is 108 g/mol. The summed E-state index contributed by atoms with van der Waals surface area (Å²) in [7, 11) is 0. The van der Waals surface area contributed by atoms with Gasteiger partial charge in [0.25, 0.3) is 0 Å². The van der Waals surface area contributed by atoms with Crippen molar-refractivity contribution >= 4 is 0 Å². The molecule has 0 fully saturated rings. The fourth-order valence-corrected chi connectivity index (χ4v) is 0.811. The van der Waals surface area contributed by atoms with Crippen molar-refractivity contribution in [1.29, 1.82) is 0 Å². The van der Waals surface area contributed by atoms with E-state index in [1.165, 1.54) is 6.42 Å². The van der Waals surface area contributed by atoms with Crippen LogP contribution >= 0.6 is 0 Å². The van der Waals surface area contributed by atoms with Crippen LogP contribution in [0.25, 0.3) is 0 Å². The first-order chi connectivity index (χ1) is 4.04. The molecule has 0 spiro atoms. The second-order valence-corrected chi connectivity index (χ2v) is 3.42. The van der Waals surface area contributed by atoms with Crippen LogP contribution in [0.15, 0.2) is 0 Å². The third-order valence-electron chi connectivity index (χ3n) is 2.63. The number of rotatable bonds is 3. The van der Waals surface area contributed by atoms with Gasteiger partial charge in [0, 0.05) is 0 Å². The van der Waals surface area contributed by atoms with Crippen molar-refractivity contribution in [1.82, 2.24) is 0 Å². The molecule has 1 atom stereocenters. The van der Waals surface area contributed by atoms with Crippen molar-refractivity contribution < 1.29 is 0 Å². The highest BCUT2D eigenvalue weighted by Gasteiger charge is 2.12. The first kappa shape index (κ1) is 9.00. The quantitative estimate of drug-likeness (QED) is 0.510. The zero-order valence-electron chi connectivity index (χ0n) is 7.36. The van der Waals surface area contributed by atoms with Crippen molar-refractivity contribution in [2.24, 2.45) is 11.3 Å². The lowest BCUT2D eigenvalue weighted by molar-refractivity contribution is 0.273. The predicted molar refractivity (Wildman–Crippen MR) is 43.2 cm³/mol. The maximum atomic E-state index is 2.31. The van der Waals surface area contributed by atoms with Gasteiger partial charge in [-0.15, -0.1) is 0 Å². The molecule has 0 saturated carbocycles. The molecule has 0 aromatic heterocycles. The molecular formula is C9H19-. The SMILES string of the molecule is C[CH-]C(C)(C)C(C)CC. The van der Waals surface area contributed by atoms with Crippen LogP contribution in [0.5, 0.6) is 0 Å². The van der Waals surface area contributed by atoms with Crippen LogP contribution in [0.3, 0.4) is 0 Å². The Labute approximate surface area is 59.7 Å². The van der Waals surface area contributed by atoms with E-state index in [4.69, 9.17) is 0 Å². The topological polar surface area (TPSA) is 0 Å². The van der Waals surface area contributed by atoms with Crippen LogP contribution in [0.1, 0.15) is 41.0 Å². The van der Waals surface area contributed by atoms with Crippen molar-refractivity contribution in [2.75, 3.05) is 0 Å². The molecule has 0 amide bonds. The van der Waals surface area contributed by atoms with Crippen molar-refractivity contribution in [3.05, 3.63) is 6.42 Å². The average molecular weight is 127 g/mol. The first-order valence-corrected chi connectivity index (χ1v) is 3.85. The highest BCUT2D eigenvalue weighted by molar-refractivity contribution is 4.84. The van der Waals surface area contributed by atoms with E-state index >= 15 is 0 Å². The van der Waals surface area contributed by atoms with Gasteiger partial charge in [0.15, 0.2) is 0 Å². The molecule has 56 valence electrons. The van der Waals surface area contributed by atoms with E-state index in [2.05, 4.69) is 41.0 Å². The standard InChI is InChI=1S/C9H19/c1-6-8(3)9(4,5)7-2/h7-8H,6H2,1-5H3/q-1. The molecule has 0 rings (SSSR count). The van der Waals surface area contributed by atoms with Crippen LogP contribution in [0.4, 0.5) is 0 Å². The fraction of sp³-hybridized carbons (Fsp3) is 0.889. The van der Waals surface area contributed by atoms with Crippen LogP contribution in [0, 0.1) is 17.8 Å². The lowest BCUT2D eigenvalue weighted by atomic mass is 9.77. The van der Waals surface area contributed by atoms with Gasteiger partial charge in [-0.1, -0.05) is 40.0 Å². The summed E-state index contributed by atoms with van der Waals surface area (Å²) in [5, 5.41) is 0. The summed E-state index contributed by atoms with van der Waals surface area (Å²) in [6.45, 7) is 11.3. The van der Waals surface area contributed by atoms with Gasteiger partial charge < -0.3 is 6.42 Å². The minimum atomic E-state index is 0.425. The summed E-state index contributed by atoms with van der Waals surface area (Å²) in [4.78, 5) is 0. The van der Waals surface area contributed by atoms with E-state index in [0.29, 0.717) is 5.41 Å². The highest BCUT2D eigenvalue weighted by Crippen LogP contribution is 2.30. The second kappa shape index (κ2) is 3.24. The molecule has 0 heteroatoms. The molecule has 0 radical (unpaired) electrons. The summed E-state index contributed by atoms with van der Waals surface area (Å²) >= 11 is 0. The number of hydrogen-bond donors (Lipinski definition) is 0. The molecule has 0 aromatic carbocycles. The molecule has 0 saturated heterocycles. The lowest BCUT2D eigenvalue weighted by Gasteiger charge is -2.38. The zero-order valence-corrected chi connectivity index (χ0v) is 7.36. The Hall–Kier alpha value is 0. The Morgan fingerprint density at radius 2 is 1.89 bits per heavy atom. The van der Waals surface area contributed by atoms with Gasteiger partial charge in [0.1, 0.15) is 0 Å². The van der Waals surface area contributed by atoms with E-state index in [-0.39, 0.29) is 0 Å². The number of hydrogen-bond acceptors (Lipinski definition) is 0. The van der Waals surface area contributed by atoms with Crippen LogP contribution < -0.4 is 0 Å². The summed E-state index contributed by atoms with van der Waals surface area (Å²) in [5.41, 5.74) is 0.425. The third-order valence-corrected chi connectivity index (χ3v) is 2.63. The Morgan fingerprint density at radius 1 is 1.44 bits per heavy atom. The molecule has 0 aliphatic carbocycles. The van der Waals surface area contributed by atoms with E-state index in [1.807, 2.05) is 0 Å². The van der Waals surface area contributed by atoms with E-state index in [0.717, 1.165) is 5.92 Å². The predicted octanol–water partition coefficient (Wildman–Crippen LogP) is 3.28. The van der Waals surface area contributed by atoms with E-state index in [1.54, 1.807) is 0 Å². The van der Waals surface area contributed by atoms with Crippen LogP contribution in [-0.4, -0.2) is 0 Å². The summed E-state index contributed by atoms with van der Waals surface area (Å²) < 4.78 is 0. The van der Waals surface area contributed by atoms with Gasteiger partial charge in [-0.05, 0) is 0 Å². The molecule has 1 unspecified atom stereocenters. The smallest absolute Gasteiger partial charge is 0.0555 e. The average Bonchev–Trinajstić information content (AvgIpc) is 1.86. The molecule has 0 heterocycles. The minimum absolute atomic E-state index is 0.425. The van der Waals surface area contributed by atoms with Gasteiger partial charge in [-0.25, -0.2) is 0 Å². The maximum absolute atomic E-state index is 2.31. The maximum Gasteiger partial charge on any atom is -0.0555 e. The highest BCUT2D eigenvalue weighted by atomic mass is 14.3. The van der Waals surface area contributed by atoms with E-state index < -0.39 is 0 Å². The first-order valence-electron chi connectivity index (χ1n) is 3.85. The minimum Gasteiger partial charge on any atom is -0.326 e. The van der Waals surface area contributed by atoms with Gasteiger partial charge in [0.2, 0.25) is 0 Å². The third kappa shape index (κ3) is 2.38. The van der Waals surface area contributed by atoms with Crippen LogP contribution in [-0.2, 0) is 0 Å². The largest absolute Gasteiger partial charge is 0.326 e. The fourth-order valence-electron chi connectivity index (χ4n) is 0.811. The zero-order chi connectivity index (χ0) is 7.49.